The van der Waals surface area contributed by atoms with Crippen molar-refractivity contribution >= 4 is 29.3 Å². The van der Waals surface area contributed by atoms with Gasteiger partial charge in [0.2, 0.25) is 5.91 Å². The normalized spacial score (nSPS) is 13.4. The van der Waals surface area contributed by atoms with Gasteiger partial charge in [0, 0.05) is 30.2 Å². The Kier molecular flexibility index (Phi) is 5.69. The Morgan fingerprint density at radius 3 is 2.75 bits per heavy atom. The van der Waals surface area contributed by atoms with Crippen LogP contribution in [-0.2, 0) is 24.3 Å². The van der Waals surface area contributed by atoms with Gasteiger partial charge >= 0.3 is 0 Å². The number of halogens is 1. The van der Waals surface area contributed by atoms with Gasteiger partial charge in [-0.25, -0.2) is 0 Å². The molecule has 1 aliphatic rings. The topological polar surface area (TPSA) is 51.0 Å². The maximum Gasteiger partial charge on any atom is 0.233 e. The van der Waals surface area contributed by atoms with Crippen LogP contribution < -0.4 is 0 Å². The van der Waals surface area contributed by atoms with Gasteiger partial charge in [-0.05, 0) is 36.6 Å². The summed E-state index contributed by atoms with van der Waals surface area (Å²) in [4.78, 5) is 14.7. The molecule has 7 heteroatoms. The lowest BCUT2D eigenvalue weighted by Gasteiger charge is -2.28. The molecular formula is C21H21ClN4OS. The van der Waals surface area contributed by atoms with Crippen molar-refractivity contribution in [2.75, 3.05) is 12.3 Å². The van der Waals surface area contributed by atoms with Crippen LogP contribution in [0.1, 0.15) is 18.1 Å². The number of hydrogen-bond acceptors (Lipinski definition) is 4. The number of nitrogens with zero attached hydrogens (tertiary/aromatic N) is 4. The van der Waals surface area contributed by atoms with Gasteiger partial charge in [-0.15, -0.1) is 10.2 Å². The van der Waals surface area contributed by atoms with Crippen molar-refractivity contribution in [2.24, 2.45) is 0 Å². The molecule has 0 aliphatic carbocycles. The Labute approximate surface area is 173 Å². The number of carbonyl (C=O) groups excluding carboxylic acids is 1. The Bertz CT molecular complexity index is 1000. The van der Waals surface area contributed by atoms with Crippen LogP contribution >= 0.6 is 23.4 Å². The highest BCUT2D eigenvalue weighted by Gasteiger charge is 2.21. The number of fused-ring (bicyclic) bond motifs is 1. The van der Waals surface area contributed by atoms with Crippen molar-refractivity contribution in [1.29, 1.82) is 0 Å². The molecule has 1 amide bonds. The average molecular weight is 413 g/mol. The SMILES string of the molecule is CCn1c(SCC(=O)N2CCc3ccccc3C2)nnc1-c1cccc(Cl)c1. The van der Waals surface area contributed by atoms with E-state index >= 15 is 0 Å². The second-order valence-corrected chi connectivity index (χ2v) is 8.06. The molecule has 0 spiro atoms. The summed E-state index contributed by atoms with van der Waals surface area (Å²) < 4.78 is 2.02. The van der Waals surface area contributed by atoms with Crippen molar-refractivity contribution in [1.82, 2.24) is 19.7 Å². The van der Waals surface area contributed by atoms with E-state index in [1.807, 2.05) is 46.7 Å². The van der Waals surface area contributed by atoms with Gasteiger partial charge in [0.1, 0.15) is 0 Å². The van der Waals surface area contributed by atoms with Crippen LogP contribution in [0.5, 0.6) is 0 Å². The van der Waals surface area contributed by atoms with E-state index in [9.17, 15) is 4.79 Å². The van der Waals surface area contributed by atoms with Crippen LogP contribution in [0.4, 0.5) is 0 Å². The minimum atomic E-state index is 0.134. The number of thioether (sulfide) groups is 1. The molecule has 0 N–H and O–H groups in total. The molecule has 0 atom stereocenters. The number of rotatable bonds is 5. The van der Waals surface area contributed by atoms with Crippen LogP contribution in [0.2, 0.25) is 5.02 Å². The van der Waals surface area contributed by atoms with Crippen LogP contribution in [0.15, 0.2) is 53.7 Å². The maximum atomic E-state index is 12.7. The third-order valence-corrected chi connectivity index (χ3v) is 6.11. The van der Waals surface area contributed by atoms with E-state index in [0.29, 0.717) is 17.3 Å². The summed E-state index contributed by atoms with van der Waals surface area (Å²) in [6.07, 6.45) is 0.913. The van der Waals surface area contributed by atoms with Crippen molar-refractivity contribution in [2.45, 2.75) is 31.6 Å². The molecule has 0 radical (unpaired) electrons. The molecule has 28 heavy (non-hydrogen) atoms. The monoisotopic (exact) mass is 412 g/mol. The quantitative estimate of drug-likeness (QED) is 0.586. The molecule has 1 aliphatic heterocycles. The van der Waals surface area contributed by atoms with E-state index in [2.05, 4.69) is 28.4 Å². The number of aromatic nitrogens is 3. The van der Waals surface area contributed by atoms with Crippen molar-refractivity contribution in [3.63, 3.8) is 0 Å². The van der Waals surface area contributed by atoms with Gasteiger partial charge in [-0.3, -0.25) is 4.79 Å². The van der Waals surface area contributed by atoms with Crippen LogP contribution in [0.25, 0.3) is 11.4 Å². The highest BCUT2D eigenvalue weighted by atomic mass is 35.5. The van der Waals surface area contributed by atoms with E-state index in [4.69, 9.17) is 11.6 Å². The summed E-state index contributed by atoms with van der Waals surface area (Å²) in [5.74, 6) is 1.26. The zero-order valence-electron chi connectivity index (χ0n) is 15.6. The lowest BCUT2D eigenvalue weighted by atomic mass is 10.00. The smallest absolute Gasteiger partial charge is 0.233 e. The molecule has 0 unspecified atom stereocenters. The fourth-order valence-corrected chi connectivity index (χ4v) is 4.54. The number of benzene rings is 2. The van der Waals surface area contributed by atoms with E-state index in [-0.39, 0.29) is 5.91 Å². The van der Waals surface area contributed by atoms with Crippen LogP contribution in [-0.4, -0.2) is 37.9 Å². The molecule has 2 heterocycles. The molecule has 1 aromatic heterocycles. The summed E-state index contributed by atoms with van der Waals surface area (Å²) in [6.45, 7) is 4.22. The molecule has 0 bridgehead atoms. The molecule has 2 aromatic carbocycles. The minimum Gasteiger partial charge on any atom is -0.337 e. The summed E-state index contributed by atoms with van der Waals surface area (Å²) in [7, 11) is 0. The first-order valence-electron chi connectivity index (χ1n) is 9.32. The summed E-state index contributed by atoms with van der Waals surface area (Å²) >= 11 is 7.55. The van der Waals surface area contributed by atoms with E-state index < -0.39 is 0 Å². The van der Waals surface area contributed by atoms with Gasteiger partial charge in [0.05, 0.1) is 5.75 Å². The molecule has 0 saturated heterocycles. The highest BCUT2D eigenvalue weighted by molar-refractivity contribution is 7.99. The van der Waals surface area contributed by atoms with Crippen molar-refractivity contribution in [3.8, 4) is 11.4 Å². The second kappa shape index (κ2) is 8.37. The number of carbonyl (C=O) groups is 1. The molecular weight excluding hydrogens is 392 g/mol. The molecule has 3 aromatic rings. The Balaban J connectivity index is 1.45. The Morgan fingerprint density at radius 1 is 1.14 bits per heavy atom. The largest absolute Gasteiger partial charge is 0.337 e. The van der Waals surface area contributed by atoms with Gasteiger partial charge < -0.3 is 9.47 Å². The molecule has 144 valence electrons. The summed E-state index contributed by atoms with van der Waals surface area (Å²) in [5.41, 5.74) is 3.51. The molecule has 4 rings (SSSR count). The van der Waals surface area contributed by atoms with E-state index in [1.165, 1.54) is 22.9 Å². The second-order valence-electron chi connectivity index (χ2n) is 6.68. The maximum absolute atomic E-state index is 12.7. The first kappa shape index (κ1) is 19.0. The van der Waals surface area contributed by atoms with Crippen LogP contribution in [0.3, 0.4) is 0 Å². The summed E-state index contributed by atoms with van der Waals surface area (Å²) in [5, 5.41) is 10.1. The molecule has 0 saturated carbocycles. The summed E-state index contributed by atoms with van der Waals surface area (Å²) in [6, 6.07) is 15.9. The third kappa shape index (κ3) is 3.93. The van der Waals surface area contributed by atoms with Gasteiger partial charge in [-0.2, -0.15) is 0 Å². The van der Waals surface area contributed by atoms with Gasteiger partial charge in [-0.1, -0.05) is 59.8 Å². The number of hydrogen-bond donors (Lipinski definition) is 0. The van der Waals surface area contributed by atoms with Crippen molar-refractivity contribution < 1.29 is 4.79 Å². The van der Waals surface area contributed by atoms with E-state index in [1.54, 1.807) is 0 Å². The first-order valence-corrected chi connectivity index (χ1v) is 10.7. The lowest BCUT2D eigenvalue weighted by Crippen LogP contribution is -2.37. The predicted molar refractivity (Wildman–Crippen MR) is 112 cm³/mol. The Morgan fingerprint density at radius 2 is 1.96 bits per heavy atom. The first-order chi connectivity index (χ1) is 13.7. The Hall–Kier alpha value is -2.31. The highest BCUT2D eigenvalue weighted by Crippen LogP contribution is 2.26. The van der Waals surface area contributed by atoms with E-state index in [0.717, 1.165) is 36.1 Å². The number of amides is 1. The third-order valence-electron chi connectivity index (χ3n) is 4.92. The average Bonchev–Trinajstić information content (AvgIpc) is 3.14. The van der Waals surface area contributed by atoms with Crippen molar-refractivity contribution in [3.05, 3.63) is 64.7 Å². The molecule has 0 fully saturated rings. The van der Waals surface area contributed by atoms with Gasteiger partial charge in [0.15, 0.2) is 11.0 Å². The van der Waals surface area contributed by atoms with Gasteiger partial charge in [0.25, 0.3) is 0 Å². The predicted octanol–water partition coefficient (Wildman–Crippen LogP) is 4.30. The fraction of sp³-hybridized carbons (Fsp3) is 0.286. The zero-order valence-corrected chi connectivity index (χ0v) is 17.2. The minimum absolute atomic E-state index is 0.134. The fourth-order valence-electron chi connectivity index (χ4n) is 3.45. The lowest BCUT2D eigenvalue weighted by molar-refractivity contribution is -0.129. The van der Waals surface area contributed by atoms with Crippen LogP contribution in [0, 0.1) is 0 Å². The molecule has 5 nitrogen and oxygen atoms in total. The zero-order chi connectivity index (χ0) is 19.5. The standard InChI is InChI=1S/C21H21ClN4OS/c1-2-26-20(16-8-5-9-18(22)12-16)23-24-21(26)28-14-19(27)25-11-10-15-6-3-4-7-17(15)13-25/h3-9,12H,2,10-11,13-14H2,1H3.